The molecule has 0 aliphatic carbocycles. The monoisotopic (exact) mass is 513 g/mol. The zero-order valence-electron chi connectivity index (χ0n) is 21.1. The van der Waals surface area contributed by atoms with Gasteiger partial charge in [-0.2, -0.15) is 0 Å². The van der Waals surface area contributed by atoms with Gasteiger partial charge in [0, 0.05) is 45.7 Å². The Morgan fingerprint density at radius 1 is 0.525 bits per heavy atom. The summed E-state index contributed by atoms with van der Waals surface area (Å²) >= 11 is 0. The first-order valence-electron chi connectivity index (χ1n) is 13.1. The van der Waals surface area contributed by atoms with E-state index in [-0.39, 0.29) is 0 Å². The van der Waals surface area contributed by atoms with Crippen molar-refractivity contribution in [3.05, 3.63) is 116 Å². The summed E-state index contributed by atoms with van der Waals surface area (Å²) < 4.78 is 8.25. The van der Waals surface area contributed by atoms with Crippen molar-refractivity contribution in [2.24, 2.45) is 0 Å². The summed E-state index contributed by atoms with van der Waals surface area (Å²) in [4.78, 5) is 19.8. The van der Waals surface area contributed by atoms with E-state index in [1.54, 1.807) is 0 Å². The van der Waals surface area contributed by atoms with Crippen LogP contribution in [-0.4, -0.2) is 24.3 Å². The summed E-state index contributed by atoms with van der Waals surface area (Å²) in [6.45, 7) is 0. The van der Waals surface area contributed by atoms with Gasteiger partial charge < -0.3 is 4.42 Å². The number of rotatable bonds is 2. The molecule has 40 heavy (non-hydrogen) atoms. The lowest BCUT2D eigenvalue weighted by Gasteiger charge is -2.11. The van der Waals surface area contributed by atoms with Gasteiger partial charge in [0.1, 0.15) is 11.0 Å². The molecule has 9 aromatic rings. The molecule has 0 N–H and O–H groups in total. The SMILES string of the molecule is c1ccc(-c2ncc3c4ccccc4c4cnc(-c5ccc6cc7oc8ccccc8n7c6c5)nc4c3n2)cc1. The minimum absolute atomic E-state index is 0.647. The molecular weight excluding hydrogens is 494 g/mol. The third-order valence-corrected chi connectivity index (χ3v) is 7.69. The summed E-state index contributed by atoms with van der Waals surface area (Å²) in [5, 5.41) is 5.22. The first-order chi connectivity index (χ1) is 19.8. The van der Waals surface area contributed by atoms with E-state index in [9.17, 15) is 0 Å². The van der Waals surface area contributed by atoms with Crippen molar-refractivity contribution in [3.8, 4) is 22.8 Å². The molecule has 186 valence electrons. The number of hydrogen-bond donors (Lipinski definition) is 0. The van der Waals surface area contributed by atoms with Crippen LogP contribution in [0, 0.1) is 0 Å². The van der Waals surface area contributed by atoms with Gasteiger partial charge in [0.2, 0.25) is 5.71 Å². The Morgan fingerprint density at radius 3 is 1.93 bits per heavy atom. The van der Waals surface area contributed by atoms with Crippen LogP contribution in [0.4, 0.5) is 0 Å². The molecule has 4 heterocycles. The maximum Gasteiger partial charge on any atom is 0.205 e. The fraction of sp³-hybridized carbons (Fsp3) is 0. The number of nitrogens with zero attached hydrogens (tertiary/aromatic N) is 5. The number of fused-ring (bicyclic) bond motifs is 11. The van der Waals surface area contributed by atoms with Crippen LogP contribution < -0.4 is 0 Å². The van der Waals surface area contributed by atoms with E-state index in [0.29, 0.717) is 11.6 Å². The van der Waals surface area contributed by atoms with Gasteiger partial charge >= 0.3 is 0 Å². The van der Waals surface area contributed by atoms with Crippen molar-refractivity contribution >= 4 is 60.3 Å². The fourth-order valence-electron chi connectivity index (χ4n) is 5.82. The second-order valence-corrected chi connectivity index (χ2v) is 9.98. The Labute approximate surface area is 227 Å². The summed E-state index contributed by atoms with van der Waals surface area (Å²) in [5.41, 5.74) is 7.29. The normalized spacial score (nSPS) is 12.0. The molecule has 6 heteroatoms. The van der Waals surface area contributed by atoms with E-state index in [4.69, 9.17) is 24.4 Å². The number of hydrogen-bond acceptors (Lipinski definition) is 5. The lowest BCUT2D eigenvalue weighted by atomic mass is 10.0. The quantitative estimate of drug-likeness (QED) is 0.218. The lowest BCUT2D eigenvalue weighted by molar-refractivity contribution is 0.657. The first-order valence-corrected chi connectivity index (χ1v) is 13.1. The van der Waals surface area contributed by atoms with Crippen LogP contribution in [0.3, 0.4) is 0 Å². The molecule has 0 amide bonds. The first kappa shape index (κ1) is 21.3. The minimum Gasteiger partial charge on any atom is -0.438 e. The maximum atomic E-state index is 6.09. The second kappa shape index (κ2) is 7.94. The van der Waals surface area contributed by atoms with Crippen LogP contribution >= 0.6 is 0 Å². The fourth-order valence-corrected chi connectivity index (χ4v) is 5.82. The van der Waals surface area contributed by atoms with E-state index in [0.717, 1.165) is 71.4 Å². The molecule has 0 unspecified atom stereocenters. The smallest absolute Gasteiger partial charge is 0.205 e. The average Bonchev–Trinajstić information content (AvgIpc) is 3.57. The van der Waals surface area contributed by atoms with Crippen LogP contribution in [0.1, 0.15) is 0 Å². The third-order valence-electron chi connectivity index (χ3n) is 7.69. The van der Waals surface area contributed by atoms with Crippen molar-refractivity contribution in [2.75, 3.05) is 0 Å². The molecule has 0 fully saturated rings. The van der Waals surface area contributed by atoms with Crippen LogP contribution in [-0.2, 0) is 0 Å². The predicted molar refractivity (Wildman–Crippen MR) is 159 cm³/mol. The number of oxazole rings is 1. The van der Waals surface area contributed by atoms with Crippen molar-refractivity contribution in [2.45, 2.75) is 0 Å². The molecule has 0 aliphatic heterocycles. The standard InChI is InChI=1S/C34H19N5O/c1-2-8-20(9-3-1)33-35-18-25-23-10-4-5-11-24(23)26-19-36-34(38-32(26)31(25)37-33)22-15-14-21-17-30-39(28(21)16-22)27-12-6-7-13-29(27)40-30/h1-19H. The second-order valence-electron chi connectivity index (χ2n) is 9.98. The molecule has 0 spiro atoms. The largest absolute Gasteiger partial charge is 0.438 e. The van der Waals surface area contributed by atoms with Gasteiger partial charge in [-0.15, -0.1) is 0 Å². The van der Waals surface area contributed by atoms with Gasteiger partial charge in [-0.3, -0.25) is 4.40 Å². The maximum absolute atomic E-state index is 6.09. The zero-order chi connectivity index (χ0) is 26.2. The van der Waals surface area contributed by atoms with Crippen molar-refractivity contribution in [1.29, 1.82) is 0 Å². The Balaban J connectivity index is 1.32. The zero-order valence-corrected chi connectivity index (χ0v) is 21.1. The molecule has 6 nitrogen and oxygen atoms in total. The summed E-state index contributed by atoms with van der Waals surface area (Å²) in [7, 11) is 0. The molecule has 5 aromatic carbocycles. The minimum atomic E-state index is 0.647. The number of benzene rings is 5. The summed E-state index contributed by atoms with van der Waals surface area (Å²) in [5.74, 6) is 1.32. The summed E-state index contributed by atoms with van der Waals surface area (Å²) in [6.07, 6.45) is 3.84. The van der Waals surface area contributed by atoms with E-state index < -0.39 is 0 Å². The molecule has 0 aliphatic rings. The van der Waals surface area contributed by atoms with Crippen molar-refractivity contribution in [3.63, 3.8) is 0 Å². The van der Waals surface area contributed by atoms with Crippen molar-refractivity contribution < 1.29 is 4.42 Å². The predicted octanol–water partition coefficient (Wildman–Crippen LogP) is 8.21. The molecule has 4 aromatic heterocycles. The average molecular weight is 514 g/mol. The molecule has 0 saturated heterocycles. The highest BCUT2D eigenvalue weighted by Gasteiger charge is 2.16. The Hall–Kier alpha value is -5.62. The van der Waals surface area contributed by atoms with Crippen LogP contribution in [0.2, 0.25) is 0 Å². The summed E-state index contributed by atoms with van der Waals surface area (Å²) in [6, 6.07) is 34.8. The number of para-hydroxylation sites is 2. The van der Waals surface area contributed by atoms with E-state index in [2.05, 4.69) is 46.9 Å². The Morgan fingerprint density at radius 2 is 1.18 bits per heavy atom. The van der Waals surface area contributed by atoms with Crippen molar-refractivity contribution in [1.82, 2.24) is 24.3 Å². The molecule has 0 radical (unpaired) electrons. The van der Waals surface area contributed by atoms with Gasteiger partial charge in [0.05, 0.1) is 11.0 Å². The van der Waals surface area contributed by atoms with Gasteiger partial charge in [0.15, 0.2) is 17.2 Å². The van der Waals surface area contributed by atoms with Gasteiger partial charge in [0.25, 0.3) is 0 Å². The third kappa shape index (κ3) is 2.98. The van der Waals surface area contributed by atoms with E-state index in [1.165, 1.54) is 0 Å². The number of aromatic nitrogens is 5. The molecule has 0 saturated carbocycles. The van der Waals surface area contributed by atoms with Crippen LogP contribution in [0.5, 0.6) is 0 Å². The molecule has 9 rings (SSSR count). The lowest BCUT2D eigenvalue weighted by Crippen LogP contribution is -1.96. The highest BCUT2D eigenvalue weighted by atomic mass is 16.3. The topological polar surface area (TPSA) is 69.1 Å². The van der Waals surface area contributed by atoms with E-state index in [1.807, 2.05) is 73.1 Å². The van der Waals surface area contributed by atoms with Crippen LogP contribution in [0.25, 0.3) is 83.1 Å². The van der Waals surface area contributed by atoms with Gasteiger partial charge in [-0.1, -0.05) is 78.9 Å². The highest BCUT2D eigenvalue weighted by molar-refractivity contribution is 6.23. The molecular formula is C34H19N5O. The molecule has 0 atom stereocenters. The molecule has 0 bridgehead atoms. The van der Waals surface area contributed by atoms with Gasteiger partial charge in [-0.05, 0) is 29.0 Å². The Kier molecular flexibility index (Phi) is 4.24. The highest BCUT2D eigenvalue weighted by Crippen LogP contribution is 2.35. The Bertz CT molecular complexity index is 2440. The van der Waals surface area contributed by atoms with E-state index >= 15 is 0 Å². The van der Waals surface area contributed by atoms with Gasteiger partial charge in [-0.25, -0.2) is 19.9 Å². The van der Waals surface area contributed by atoms with Crippen LogP contribution in [0.15, 0.2) is 120 Å².